The average molecular weight is 652 g/mol. The number of nitrogens with two attached hydrogens (primary N) is 2. The Hall–Kier alpha value is -5.68. The molecule has 1 aliphatic carbocycles. The van der Waals surface area contributed by atoms with E-state index in [-0.39, 0.29) is 31.5 Å². The Morgan fingerprint density at radius 3 is 1.85 bits per heavy atom. The highest BCUT2D eigenvalue weighted by Crippen LogP contribution is 2.44. The van der Waals surface area contributed by atoms with Gasteiger partial charge in [0.25, 0.3) is 0 Å². The van der Waals surface area contributed by atoms with E-state index in [1.807, 2.05) is 73.7 Å². The van der Waals surface area contributed by atoms with Gasteiger partial charge in [-0.15, -0.1) is 0 Å². The number of fused-ring (bicyclic) bond motifs is 3. The molecular formula is C37H41N5O6. The lowest BCUT2D eigenvalue weighted by Gasteiger charge is -2.23. The van der Waals surface area contributed by atoms with Crippen LogP contribution in [0, 0.1) is 0 Å². The quantitative estimate of drug-likeness (QED) is 0.130. The summed E-state index contributed by atoms with van der Waals surface area (Å²) in [5, 5.41) is 17.7. The molecule has 0 fully saturated rings. The number of carbonyl (C=O) groups excluding carboxylic acids is 4. The van der Waals surface area contributed by atoms with Crippen molar-refractivity contribution in [2.45, 2.75) is 50.8 Å². The minimum absolute atomic E-state index is 0.0950. The number of primary amides is 2. The summed E-state index contributed by atoms with van der Waals surface area (Å²) in [6.45, 7) is 1.95. The lowest BCUT2D eigenvalue weighted by Crippen LogP contribution is -2.53. The molecule has 0 saturated heterocycles. The van der Waals surface area contributed by atoms with Crippen molar-refractivity contribution in [2.75, 3.05) is 11.9 Å². The van der Waals surface area contributed by atoms with Crippen LogP contribution in [0.15, 0.2) is 103 Å². The molecule has 0 radical (unpaired) electrons. The third-order valence-electron chi connectivity index (χ3n) is 7.85. The van der Waals surface area contributed by atoms with Gasteiger partial charge in [0.15, 0.2) is 0 Å². The second-order valence-corrected chi connectivity index (χ2v) is 11.3. The normalized spacial score (nSPS) is 12.6. The van der Waals surface area contributed by atoms with Crippen molar-refractivity contribution in [3.05, 3.63) is 125 Å². The zero-order chi connectivity index (χ0) is 34.5. The molecule has 4 aromatic rings. The van der Waals surface area contributed by atoms with Gasteiger partial charge in [0.2, 0.25) is 11.8 Å². The van der Waals surface area contributed by atoms with Gasteiger partial charge in [0, 0.05) is 18.0 Å². The van der Waals surface area contributed by atoms with Crippen molar-refractivity contribution < 1.29 is 29.0 Å². The van der Waals surface area contributed by atoms with Gasteiger partial charge in [0.05, 0.1) is 6.61 Å². The second-order valence-electron chi connectivity index (χ2n) is 11.3. The predicted molar refractivity (Wildman–Crippen MR) is 184 cm³/mol. The monoisotopic (exact) mass is 651 g/mol. The first-order valence-electron chi connectivity index (χ1n) is 15.7. The highest BCUT2D eigenvalue weighted by Gasteiger charge is 2.31. The van der Waals surface area contributed by atoms with Gasteiger partial charge in [0.1, 0.15) is 18.7 Å². The fraction of sp³-hybridized carbons (Fsp3) is 0.243. The number of ether oxygens (including phenoxy) is 1. The van der Waals surface area contributed by atoms with Crippen LogP contribution in [-0.4, -0.2) is 47.7 Å². The summed E-state index contributed by atoms with van der Waals surface area (Å²) in [6, 6.07) is 29.8. The van der Waals surface area contributed by atoms with Gasteiger partial charge in [-0.3, -0.25) is 9.59 Å². The van der Waals surface area contributed by atoms with Crippen LogP contribution in [0.2, 0.25) is 0 Å². The fourth-order valence-electron chi connectivity index (χ4n) is 5.59. The maximum absolute atomic E-state index is 13.6. The van der Waals surface area contributed by atoms with Crippen LogP contribution in [0.25, 0.3) is 11.1 Å². The summed E-state index contributed by atoms with van der Waals surface area (Å²) in [7, 11) is 0. The maximum Gasteiger partial charge on any atom is 0.407 e. The first-order valence-corrected chi connectivity index (χ1v) is 15.7. The third-order valence-corrected chi connectivity index (χ3v) is 7.85. The molecule has 2 atom stereocenters. The number of hydrogen-bond acceptors (Lipinski definition) is 6. The molecule has 4 aromatic carbocycles. The number of aliphatic hydroxyl groups excluding tert-OH is 1. The number of hydrogen-bond donors (Lipinski definition) is 6. The Morgan fingerprint density at radius 2 is 1.29 bits per heavy atom. The molecule has 0 aliphatic heterocycles. The molecule has 0 heterocycles. The van der Waals surface area contributed by atoms with Crippen LogP contribution in [0.5, 0.6) is 0 Å². The second kappa shape index (κ2) is 17.3. The van der Waals surface area contributed by atoms with Crippen LogP contribution in [0.1, 0.15) is 47.9 Å². The predicted octanol–water partition coefficient (Wildman–Crippen LogP) is 4.58. The number of anilines is 1. The van der Waals surface area contributed by atoms with Crippen molar-refractivity contribution in [2.24, 2.45) is 11.5 Å². The summed E-state index contributed by atoms with van der Waals surface area (Å²) in [6.07, 6.45) is 0.587. The highest BCUT2D eigenvalue weighted by molar-refractivity contribution is 5.98. The van der Waals surface area contributed by atoms with Gasteiger partial charge >= 0.3 is 12.1 Å². The summed E-state index contributed by atoms with van der Waals surface area (Å²) < 4.78 is 5.73. The number of alkyl carbamates (subject to hydrolysis) is 1. The standard InChI is InChI=1S/C36H37N3O5.CH4N2O/c1-2-10-32(34(41)37-26-19-17-25(22-40)18-20-26)38-35(42)33(21-24-11-4-3-5-12-24)39-36(43)44-23-31-29-15-8-6-13-27(29)28-14-7-9-16-30(28)31;2-1(3)4/h3-9,11-20,31-33,40H,2,10,21-23H2,1H3,(H,37,41)(H,38,42)(H,39,43);(H4,2,3,4). The van der Waals surface area contributed by atoms with Crippen LogP contribution >= 0.6 is 0 Å². The first kappa shape index (κ1) is 35.2. The molecule has 5 rings (SSSR count). The molecule has 11 heteroatoms. The van der Waals surface area contributed by atoms with E-state index in [1.165, 1.54) is 0 Å². The number of aliphatic hydroxyl groups is 1. The van der Waals surface area contributed by atoms with Crippen molar-refractivity contribution in [1.29, 1.82) is 0 Å². The molecule has 8 N–H and O–H groups in total. The SMILES string of the molecule is CCCC(NC(=O)C(Cc1ccccc1)NC(=O)OCC1c2ccccc2-c2ccccc21)C(=O)Nc1ccc(CO)cc1.NC(N)=O. The van der Waals surface area contributed by atoms with E-state index in [1.54, 1.807) is 24.3 Å². The number of carbonyl (C=O) groups is 4. The molecule has 0 spiro atoms. The summed E-state index contributed by atoms with van der Waals surface area (Å²) in [4.78, 5) is 48.9. The Bertz CT molecular complexity index is 1650. The van der Waals surface area contributed by atoms with E-state index in [9.17, 15) is 19.5 Å². The Kier molecular flexibility index (Phi) is 12.7. The zero-order valence-electron chi connectivity index (χ0n) is 26.7. The van der Waals surface area contributed by atoms with Crippen molar-refractivity contribution >= 4 is 29.6 Å². The Morgan fingerprint density at radius 1 is 0.729 bits per heavy atom. The number of rotatable bonds is 12. The number of benzene rings is 4. The van der Waals surface area contributed by atoms with E-state index in [0.29, 0.717) is 18.5 Å². The first-order chi connectivity index (χ1) is 23.2. The largest absolute Gasteiger partial charge is 0.449 e. The Balaban J connectivity index is 0.00000123. The minimum atomic E-state index is -0.968. The van der Waals surface area contributed by atoms with E-state index < -0.39 is 30.1 Å². The molecular weight excluding hydrogens is 610 g/mol. The molecule has 48 heavy (non-hydrogen) atoms. The maximum atomic E-state index is 13.6. The molecule has 1 aliphatic rings. The topological polar surface area (TPSA) is 186 Å². The molecule has 250 valence electrons. The molecule has 11 nitrogen and oxygen atoms in total. The van der Waals surface area contributed by atoms with Gasteiger partial charge in [-0.1, -0.05) is 104 Å². The molecule has 0 bridgehead atoms. The van der Waals surface area contributed by atoms with Crippen molar-refractivity contribution in [1.82, 2.24) is 10.6 Å². The smallest absolute Gasteiger partial charge is 0.407 e. The van der Waals surface area contributed by atoms with Crippen LogP contribution in [-0.2, 0) is 27.4 Å². The van der Waals surface area contributed by atoms with E-state index in [4.69, 9.17) is 9.53 Å². The van der Waals surface area contributed by atoms with Gasteiger partial charge in [-0.2, -0.15) is 0 Å². The molecule has 0 aromatic heterocycles. The summed E-state index contributed by atoms with van der Waals surface area (Å²) in [5.41, 5.74) is 15.1. The van der Waals surface area contributed by atoms with E-state index >= 15 is 0 Å². The minimum Gasteiger partial charge on any atom is -0.449 e. The molecule has 5 amide bonds. The van der Waals surface area contributed by atoms with Crippen molar-refractivity contribution in [3.8, 4) is 11.1 Å². The van der Waals surface area contributed by atoms with Gasteiger partial charge < -0.3 is 37.3 Å². The summed E-state index contributed by atoms with van der Waals surface area (Å²) >= 11 is 0. The van der Waals surface area contributed by atoms with Crippen LogP contribution < -0.4 is 27.4 Å². The number of urea groups is 1. The summed E-state index contributed by atoms with van der Waals surface area (Å²) in [5.74, 6) is -0.957. The number of nitrogens with one attached hydrogen (secondary N) is 3. The van der Waals surface area contributed by atoms with Crippen LogP contribution in [0.3, 0.4) is 0 Å². The average Bonchev–Trinajstić information content (AvgIpc) is 3.41. The lowest BCUT2D eigenvalue weighted by molar-refractivity contribution is -0.128. The van der Waals surface area contributed by atoms with Gasteiger partial charge in [-0.05, 0) is 51.9 Å². The fourth-order valence-corrected chi connectivity index (χ4v) is 5.59. The van der Waals surface area contributed by atoms with Crippen LogP contribution in [0.4, 0.5) is 15.3 Å². The van der Waals surface area contributed by atoms with Gasteiger partial charge in [-0.25, -0.2) is 9.59 Å². The molecule has 0 saturated carbocycles. The number of amides is 5. The highest BCUT2D eigenvalue weighted by atomic mass is 16.5. The lowest BCUT2D eigenvalue weighted by atomic mass is 9.98. The van der Waals surface area contributed by atoms with E-state index in [2.05, 4.69) is 39.6 Å². The van der Waals surface area contributed by atoms with E-state index in [0.717, 1.165) is 33.4 Å². The third kappa shape index (κ3) is 9.66. The zero-order valence-corrected chi connectivity index (χ0v) is 26.7. The Labute approximate surface area is 279 Å². The molecule has 2 unspecified atom stereocenters. The van der Waals surface area contributed by atoms with Crippen molar-refractivity contribution in [3.63, 3.8) is 0 Å².